The van der Waals surface area contributed by atoms with Crippen LogP contribution in [0.3, 0.4) is 0 Å². The molecule has 1 aromatic heterocycles. The molecule has 0 radical (unpaired) electrons. The molecular formula is C22H27N3OS. The maximum Gasteiger partial charge on any atom is 0.168 e. The van der Waals surface area contributed by atoms with Crippen molar-refractivity contribution in [3.8, 4) is 5.75 Å². The van der Waals surface area contributed by atoms with Crippen molar-refractivity contribution in [2.45, 2.75) is 26.8 Å². The smallest absolute Gasteiger partial charge is 0.168 e. The molecule has 0 atom stereocenters. The summed E-state index contributed by atoms with van der Waals surface area (Å²) in [6, 6.07) is 14.7. The van der Waals surface area contributed by atoms with Crippen LogP contribution in [0.1, 0.15) is 22.4 Å². The van der Waals surface area contributed by atoms with E-state index >= 15 is 0 Å². The molecule has 0 aliphatic rings. The molecule has 2 N–H and O–H groups in total. The van der Waals surface area contributed by atoms with Gasteiger partial charge in [0.2, 0.25) is 0 Å². The van der Waals surface area contributed by atoms with E-state index in [1.807, 2.05) is 25.2 Å². The molecule has 4 nitrogen and oxygen atoms in total. The molecule has 0 saturated heterocycles. The summed E-state index contributed by atoms with van der Waals surface area (Å²) < 4.78 is 5.50. The van der Waals surface area contributed by atoms with Crippen LogP contribution in [0, 0.1) is 13.8 Å². The molecule has 0 amide bonds. The molecule has 27 heavy (non-hydrogen) atoms. The molecule has 0 saturated carbocycles. The van der Waals surface area contributed by atoms with Crippen LogP contribution < -0.4 is 10.1 Å². The lowest BCUT2D eigenvalue weighted by Crippen LogP contribution is -2.38. The van der Waals surface area contributed by atoms with Gasteiger partial charge in [0.05, 0.1) is 7.11 Å². The number of hydrogen-bond donors (Lipinski definition) is 2. The third-order valence-electron chi connectivity index (χ3n) is 4.96. The maximum absolute atomic E-state index is 5.57. The average Bonchev–Trinajstić information content (AvgIpc) is 2.99. The van der Waals surface area contributed by atoms with Crippen LogP contribution in [0.4, 0.5) is 0 Å². The van der Waals surface area contributed by atoms with E-state index in [0.717, 1.165) is 29.4 Å². The zero-order valence-corrected chi connectivity index (χ0v) is 17.2. The number of aryl methyl sites for hydroxylation is 2. The van der Waals surface area contributed by atoms with Gasteiger partial charge in [-0.1, -0.05) is 29.8 Å². The summed E-state index contributed by atoms with van der Waals surface area (Å²) in [4.78, 5) is 5.70. The number of aromatic amines is 1. The fraction of sp³-hybridized carbons (Fsp3) is 0.318. The molecule has 0 aliphatic heterocycles. The predicted molar refractivity (Wildman–Crippen MR) is 117 cm³/mol. The quantitative estimate of drug-likeness (QED) is 0.623. The van der Waals surface area contributed by atoms with E-state index in [1.165, 1.54) is 27.7 Å². The van der Waals surface area contributed by atoms with Crippen molar-refractivity contribution in [1.82, 2.24) is 15.2 Å². The number of H-pyrrole nitrogens is 1. The molecule has 0 bridgehead atoms. The molecule has 0 fully saturated rings. The highest BCUT2D eigenvalue weighted by atomic mass is 32.1. The first-order valence-electron chi connectivity index (χ1n) is 9.20. The van der Waals surface area contributed by atoms with E-state index in [1.54, 1.807) is 7.11 Å². The van der Waals surface area contributed by atoms with Crippen LogP contribution in [-0.4, -0.2) is 35.7 Å². The van der Waals surface area contributed by atoms with Gasteiger partial charge in [0.1, 0.15) is 5.75 Å². The molecule has 0 aliphatic carbocycles. The number of aromatic nitrogens is 1. The fourth-order valence-electron chi connectivity index (χ4n) is 3.51. The zero-order chi connectivity index (χ0) is 19.4. The zero-order valence-electron chi connectivity index (χ0n) is 16.4. The summed E-state index contributed by atoms with van der Waals surface area (Å²) in [5.41, 5.74) is 6.19. The highest BCUT2D eigenvalue weighted by molar-refractivity contribution is 7.80. The van der Waals surface area contributed by atoms with Crippen LogP contribution in [0.25, 0.3) is 10.9 Å². The van der Waals surface area contributed by atoms with Gasteiger partial charge in [-0.3, -0.25) is 0 Å². The van der Waals surface area contributed by atoms with Crippen LogP contribution in [0.2, 0.25) is 0 Å². The Morgan fingerprint density at radius 2 is 1.96 bits per heavy atom. The minimum absolute atomic E-state index is 0.712. The Hall–Kier alpha value is -2.53. The number of para-hydroxylation sites is 1. The van der Waals surface area contributed by atoms with E-state index in [0.29, 0.717) is 6.54 Å². The number of ether oxygens (including phenoxy) is 1. The molecule has 2 aromatic carbocycles. The van der Waals surface area contributed by atoms with Crippen molar-refractivity contribution in [2.75, 3.05) is 20.7 Å². The lowest BCUT2D eigenvalue weighted by atomic mass is 10.1. The third kappa shape index (κ3) is 4.25. The number of thiocarbonyl (C=S) groups is 1. The second kappa shape index (κ2) is 8.44. The maximum atomic E-state index is 5.57. The summed E-state index contributed by atoms with van der Waals surface area (Å²) in [6.07, 6.45) is 0.923. The summed E-state index contributed by atoms with van der Waals surface area (Å²) in [5, 5.41) is 5.17. The van der Waals surface area contributed by atoms with Crippen LogP contribution in [0.15, 0.2) is 42.5 Å². The summed E-state index contributed by atoms with van der Waals surface area (Å²) in [6.45, 7) is 5.82. The van der Waals surface area contributed by atoms with Gasteiger partial charge in [-0.25, -0.2) is 0 Å². The largest absolute Gasteiger partial charge is 0.496 e. The minimum atomic E-state index is 0.712. The van der Waals surface area contributed by atoms with Gasteiger partial charge >= 0.3 is 0 Å². The van der Waals surface area contributed by atoms with Crippen molar-refractivity contribution >= 4 is 28.2 Å². The summed E-state index contributed by atoms with van der Waals surface area (Å²) in [5.74, 6) is 0.889. The van der Waals surface area contributed by atoms with Gasteiger partial charge in [-0.15, -0.1) is 0 Å². The number of fused-ring (bicyclic) bond motifs is 1. The van der Waals surface area contributed by atoms with Gasteiger partial charge in [-0.2, -0.15) is 0 Å². The normalized spacial score (nSPS) is 10.8. The lowest BCUT2D eigenvalue weighted by Gasteiger charge is -2.26. The standard InChI is InChI=1S/C22H27N3OS/c1-15-9-10-20-19(13-15)18(16(2)24-20)11-12-25(22(27)23-3)14-17-7-5-6-8-21(17)26-4/h5-10,13,24H,11-12,14H2,1-4H3,(H,23,27). The molecule has 5 heteroatoms. The second-order valence-corrected chi connectivity index (χ2v) is 7.20. The van der Waals surface area contributed by atoms with E-state index < -0.39 is 0 Å². The Labute approximate surface area is 166 Å². The van der Waals surface area contributed by atoms with Gasteiger partial charge in [0, 0.05) is 42.3 Å². The molecular weight excluding hydrogens is 354 g/mol. The Balaban J connectivity index is 1.83. The van der Waals surface area contributed by atoms with Gasteiger partial charge < -0.3 is 19.9 Å². The number of benzene rings is 2. The van der Waals surface area contributed by atoms with Crippen molar-refractivity contribution < 1.29 is 4.74 Å². The van der Waals surface area contributed by atoms with Crippen LogP contribution in [-0.2, 0) is 13.0 Å². The highest BCUT2D eigenvalue weighted by Crippen LogP contribution is 2.25. The number of methoxy groups -OCH3 is 1. The average molecular weight is 382 g/mol. The van der Waals surface area contributed by atoms with Crippen molar-refractivity contribution in [3.63, 3.8) is 0 Å². The van der Waals surface area contributed by atoms with E-state index in [-0.39, 0.29) is 0 Å². The fourth-order valence-corrected chi connectivity index (χ4v) is 3.67. The molecule has 0 unspecified atom stereocenters. The van der Waals surface area contributed by atoms with Gasteiger partial charge in [0.15, 0.2) is 5.11 Å². The Kier molecular flexibility index (Phi) is 6.01. The second-order valence-electron chi connectivity index (χ2n) is 6.82. The Bertz CT molecular complexity index is 948. The first kappa shape index (κ1) is 19.2. The first-order chi connectivity index (χ1) is 13.0. The van der Waals surface area contributed by atoms with Crippen molar-refractivity contribution in [2.24, 2.45) is 0 Å². The van der Waals surface area contributed by atoms with Crippen molar-refractivity contribution in [3.05, 3.63) is 64.8 Å². The molecule has 3 aromatic rings. The highest BCUT2D eigenvalue weighted by Gasteiger charge is 2.15. The summed E-state index contributed by atoms with van der Waals surface area (Å²) >= 11 is 5.57. The van der Waals surface area contributed by atoms with E-state index in [9.17, 15) is 0 Å². The molecule has 3 rings (SSSR count). The monoisotopic (exact) mass is 381 g/mol. The van der Waals surface area contributed by atoms with Gasteiger partial charge in [-0.05, 0) is 56.2 Å². The number of rotatable bonds is 6. The third-order valence-corrected chi connectivity index (χ3v) is 5.42. The first-order valence-corrected chi connectivity index (χ1v) is 9.60. The SMILES string of the molecule is CNC(=S)N(CCc1c(C)[nH]c2ccc(C)cc12)Cc1ccccc1OC. The topological polar surface area (TPSA) is 40.3 Å². The predicted octanol–water partition coefficient (Wildman–Crippen LogP) is 4.34. The molecule has 142 valence electrons. The molecule has 0 spiro atoms. The van der Waals surface area contributed by atoms with Crippen LogP contribution >= 0.6 is 12.2 Å². The minimum Gasteiger partial charge on any atom is -0.496 e. The lowest BCUT2D eigenvalue weighted by molar-refractivity contribution is 0.379. The molecule has 1 heterocycles. The van der Waals surface area contributed by atoms with E-state index in [4.69, 9.17) is 17.0 Å². The summed E-state index contributed by atoms with van der Waals surface area (Å²) in [7, 11) is 3.58. The van der Waals surface area contributed by atoms with Crippen molar-refractivity contribution in [1.29, 1.82) is 0 Å². The Morgan fingerprint density at radius 1 is 1.19 bits per heavy atom. The number of nitrogens with one attached hydrogen (secondary N) is 2. The number of hydrogen-bond acceptors (Lipinski definition) is 2. The number of nitrogens with zero attached hydrogens (tertiary/aromatic N) is 1. The van der Waals surface area contributed by atoms with Crippen LogP contribution in [0.5, 0.6) is 5.75 Å². The van der Waals surface area contributed by atoms with E-state index in [2.05, 4.69) is 53.3 Å². The Morgan fingerprint density at radius 3 is 2.70 bits per heavy atom. The van der Waals surface area contributed by atoms with Gasteiger partial charge in [0.25, 0.3) is 0 Å².